The van der Waals surface area contributed by atoms with E-state index < -0.39 is 0 Å². The SMILES string of the molecule is CC(=O)N1CCN(c2cc(Cl)nc(SCC(=O)NC3CCN(Cc4ccccc4)CC3)n2)CC1C. The van der Waals surface area contributed by atoms with E-state index in [2.05, 4.69) is 49.4 Å². The topological polar surface area (TPSA) is 81.7 Å². The highest BCUT2D eigenvalue weighted by molar-refractivity contribution is 7.99. The third-order valence-corrected chi connectivity index (χ3v) is 7.59. The van der Waals surface area contributed by atoms with Crippen LogP contribution in [0, 0.1) is 0 Å². The zero-order chi connectivity index (χ0) is 24.8. The number of anilines is 1. The van der Waals surface area contributed by atoms with Gasteiger partial charge in [0, 0.05) is 64.3 Å². The minimum absolute atomic E-state index is 0.00895. The molecular formula is C25H33ClN6O2S. The fraction of sp³-hybridized carbons (Fsp3) is 0.520. The summed E-state index contributed by atoms with van der Waals surface area (Å²) in [4.78, 5) is 39.7. The highest BCUT2D eigenvalue weighted by Crippen LogP contribution is 2.24. The largest absolute Gasteiger partial charge is 0.353 e. The summed E-state index contributed by atoms with van der Waals surface area (Å²) in [6, 6.07) is 12.5. The van der Waals surface area contributed by atoms with Crippen LogP contribution in [0.5, 0.6) is 0 Å². The first-order chi connectivity index (χ1) is 16.9. The van der Waals surface area contributed by atoms with Crippen LogP contribution in [0.25, 0.3) is 0 Å². The van der Waals surface area contributed by atoms with Crippen molar-refractivity contribution in [1.82, 2.24) is 25.1 Å². The Morgan fingerprint density at radius 3 is 2.54 bits per heavy atom. The third-order valence-electron chi connectivity index (χ3n) is 6.55. The molecule has 0 spiro atoms. The molecule has 2 aromatic rings. The van der Waals surface area contributed by atoms with E-state index >= 15 is 0 Å². The zero-order valence-corrected chi connectivity index (χ0v) is 21.9. The number of rotatable bonds is 7. The molecule has 2 aliphatic heterocycles. The summed E-state index contributed by atoms with van der Waals surface area (Å²) in [7, 11) is 0. The Kier molecular flexibility index (Phi) is 8.86. The molecule has 0 aliphatic carbocycles. The fourth-order valence-corrected chi connectivity index (χ4v) is 5.61. The van der Waals surface area contributed by atoms with Crippen LogP contribution in [0.2, 0.25) is 5.15 Å². The number of carbonyl (C=O) groups is 2. The molecule has 2 fully saturated rings. The van der Waals surface area contributed by atoms with Gasteiger partial charge in [0.05, 0.1) is 5.75 Å². The summed E-state index contributed by atoms with van der Waals surface area (Å²) >= 11 is 7.56. The Bertz CT molecular complexity index is 1020. The van der Waals surface area contributed by atoms with Gasteiger partial charge >= 0.3 is 0 Å². The molecule has 2 aliphatic rings. The van der Waals surface area contributed by atoms with Crippen LogP contribution in [0.15, 0.2) is 41.6 Å². The van der Waals surface area contributed by atoms with Gasteiger partial charge in [0.25, 0.3) is 0 Å². The number of amides is 2. The second-order valence-corrected chi connectivity index (χ2v) is 10.6. The van der Waals surface area contributed by atoms with Crippen LogP contribution in [0.3, 0.4) is 0 Å². The first kappa shape index (κ1) is 25.7. The van der Waals surface area contributed by atoms with Crippen LogP contribution in [-0.2, 0) is 16.1 Å². The normalized spacial score (nSPS) is 19.6. The number of piperidine rings is 1. The van der Waals surface area contributed by atoms with Crippen molar-refractivity contribution in [3.05, 3.63) is 47.1 Å². The summed E-state index contributed by atoms with van der Waals surface area (Å²) in [5.41, 5.74) is 1.32. The predicted molar refractivity (Wildman–Crippen MR) is 140 cm³/mol. The van der Waals surface area contributed by atoms with Gasteiger partial charge in [-0.15, -0.1) is 0 Å². The fourth-order valence-electron chi connectivity index (χ4n) is 4.72. The van der Waals surface area contributed by atoms with Gasteiger partial charge in [-0.05, 0) is 25.3 Å². The van der Waals surface area contributed by atoms with Gasteiger partial charge in [-0.25, -0.2) is 9.97 Å². The van der Waals surface area contributed by atoms with Crippen molar-refractivity contribution in [2.75, 3.05) is 43.4 Å². The molecule has 188 valence electrons. The van der Waals surface area contributed by atoms with E-state index in [-0.39, 0.29) is 29.7 Å². The van der Waals surface area contributed by atoms with Crippen molar-refractivity contribution in [3.63, 3.8) is 0 Å². The molecule has 0 saturated carbocycles. The van der Waals surface area contributed by atoms with Crippen molar-refractivity contribution >= 4 is 41.0 Å². The van der Waals surface area contributed by atoms with E-state index in [0.29, 0.717) is 29.9 Å². The molecule has 35 heavy (non-hydrogen) atoms. The molecule has 1 atom stereocenters. The number of hydrogen-bond donors (Lipinski definition) is 1. The van der Waals surface area contributed by atoms with E-state index in [1.807, 2.05) is 17.9 Å². The van der Waals surface area contributed by atoms with Crippen LogP contribution < -0.4 is 10.2 Å². The Labute approximate surface area is 216 Å². The number of nitrogens with one attached hydrogen (secondary N) is 1. The Balaban J connectivity index is 1.23. The zero-order valence-electron chi connectivity index (χ0n) is 20.3. The second kappa shape index (κ2) is 12.1. The average molecular weight is 517 g/mol. The average Bonchev–Trinajstić information content (AvgIpc) is 2.84. The number of carbonyl (C=O) groups excluding carboxylic acids is 2. The van der Waals surface area contributed by atoms with Crippen LogP contribution in [-0.4, -0.2) is 82.1 Å². The lowest BCUT2D eigenvalue weighted by atomic mass is 10.0. The van der Waals surface area contributed by atoms with E-state index in [1.165, 1.54) is 17.3 Å². The number of aromatic nitrogens is 2. The summed E-state index contributed by atoms with van der Waals surface area (Å²) in [6.07, 6.45) is 1.90. The minimum atomic E-state index is -0.00895. The lowest BCUT2D eigenvalue weighted by Crippen LogP contribution is -2.53. The lowest BCUT2D eigenvalue weighted by molar-refractivity contribution is -0.131. The number of nitrogens with zero attached hydrogens (tertiary/aromatic N) is 5. The van der Waals surface area contributed by atoms with E-state index in [1.54, 1.807) is 13.0 Å². The van der Waals surface area contributed by atoms with Crippen molar-refractivity contribution in [3.8, 4) is 0 Å². The molecule has 1 unspecified atom stereocenters. The van der Waals surface area contributed by atoms with Gasteiger partial charge in [0.2, 0.25) is 11.8 Å². The number of piperazine rings is 1. The van der Waals surface area contributed by atoms with Gasteiger partial charge in [-0.1, -0.05) is 53.7 Å². The smallest absolute Gasteiger partial charge is 0.230 e. The van der Waals surface area contributed by atoms with Gasteiger partial charge in [-0.3, -0.25) is 14.5 Å². The van der Waals surface area contributed by atoms with E-state index in [0.717, 1.165) is 38.3 Å². The van der Waals surface area contributed by atoms with E-state index in [9.17, 15) is 9.59 Å². The molecule has 0 bridgehead atoms. The molecule has 0 radical (unpaired) electrons. The number of halogens is 1. The number of likely N-dealkylation sites (tertiary alicyclic amines) is 1. The van der Waals surface area contributed by atoms with Gasteiger partial charge in [0.1, 0.15) is 11.0 Å². The molecule has 1 aromatic carbocycles. The Morgan fingerprint density at radius 1 is 1.11 bits per heavy atom. The molecule has 2 amide bonds. The standard InChI is InChI=1S/C25H33ClN6O2S/c1-18-15-31(12-13-32(18)19(2)33)23-14-22(26)28-25(29-23)35-17-24(34)27-21-8-10-30(11-9-21)16-20-6-4-3-5-7-20/h3-7,14,18,21H,8-13,15-17H2,1-2H3,(H,27,34). The summed E-state index contributed by atoms with van der Waals surface area (Å²) < 4.78 is 0. The summed E-state index contributed by atoms with van der Waals surface area (Å²) in [5, 5.41) is 4.00. The lowest BCUT2D eigenvalue weighted by Gasteiger charge is -2.40. The van der Waals surface area contributed by atoms with Crippen molar-refractivity contribution in [2.24, 2.45) is 0 Å². The van der Waals surface area contributed by atoms with Crippen LogP contribution >= 0.6 is 23.4 Å². The van der Waals surface area contributed by atoms with Gasteiger partial charge in [-0.2, -0.15) is 0 Å². The van der Waals surface area contributed by atoms with Crippen molar-refractivity contribution in [1.29, 1.82) is 0 Å². The van der Waals surface area contributed by atoms with Crippen molar-refractivity contribution < 1.29 is 9.59 Å². The minimum Gasteiger partial charge on any atom is -0.353 e. The highest BCUT2D eigenvalue weighted by atomic mass is 35.5. The predicted octanol–water partition coefficient (Wildman–Crippen LogP) is 3.06. The maximum absolute atomic E-state index is 12.6. The molecule has 2 saturated heterocycles. The van der Waals surface area contributed by atoms with E-state index in [4.69, 9.17) is 11.6 Å². The van der Waals surface area contributed by atoms with Crippen LogP contribution in [0.1, 0.15) is 32.3 Å². The Morgan fingerprint density at radius 2 is 1.86 bits per heavy atom. The third kappa shape index (κ3) is 7.32. The number of hydrogen-bond acceptors (Lipinski definition) is 7. The second-order valence-electron chi connectivity index (χ2n) is 9.23. The molecule has 8 nitrogen and oxygen atoms in total. The molecule has 1 aromatic heterocycles. The Hall–Kier alpha value is -2.36. The molecular weight excluding hydrogens is 484 g/mol. The molecule has 4 rings (SSSR count). The quantitative estimate of drug-likeness (QED) is 0.344. The maximum atomic E-state index is 12.6. The monoisotopic (exact) mass is 516 g/mol. The first-order valence-corrected chi connectivity index (χ1v) is 13.5. The molecule has 1 N–H and O–H groups in total. The van der Waals surface area contributed by atoms with Crippen molar-refractivity contribution in [2.45, 2.75) is 50.5 Å². The highest BCUT2D eigenvalue weighted by Gasteiger charge is 2.27. The summed E-state index contributed by atoms with van der Waals surface area (Å²) in [6.45, 7) is 8.54. The molecule has 3 heterocycles. The maximum Gasteiger partial charge on any atom is 0.230 e. The number of thioether (sulfide) groups is 1. The van der Waals surface area contributed by atoms with Gasteiger partial charge in [0.15, 0.2) is 5.16 Å². The van der Waals surface area contributed by atoms with Gasteiger partial charge < -0.3 is 15.1 Å². The molecule has 10 heteroatoms. The van der Waals surface area contributed by atoms with Crippen LogP contribution in [0.4, 0.5) is 5.82 Å². The number of benzene rings is 1. The first-order valence-electron chi connectivity index (χ1n) is 12.1. The summed E-state index contributed by atoms with van der Waals surface area (Å²) in [5.74, 6) is 1.06.